The van der Waals surface area contributed by atoms with Crippen molar-refractivity contribution in [2.45, 2.75) is 39.2 Å². The highest BCUT2D eigenvalue weighted by Crippen LogP contribution is 2.34. The number of hydrogen-bond donors (Lipinski definition) is 2. The van der Waals surface area contributed by atoms with E-state index >= 15 is 0 Å². The van der Waals surface area contributed by atoms with Crippen LogP contribution in [0.15, 0.2) is 30.3 Å². The van der Waals surface area contributed by atoms with E-state index < -0.39 is 10.0 Å². The van der Waals surface area contributed by atoms with Crippen molar-refractivity contribution in [3.8, 4) is 5.88 Å². The average Bonchev–Trinajstić information content (AvgIpc) is 3.15. The molecule has 4 rings (SSSR count). The molecular formula is C21H25N5O4S. The Kier molecular flexibility index (Phi) is 5.34. The van der Waals surface area contributed by atoms with Crippen LogP contribution in [-0.2, 0) is 10.0 Å². The maximum Gasteiger partial charge on any atom is 0.256 e. The van der Waals surface area contributed by atoms with E-state index in [1.54, 1.807) is 42.2 Å². The molecule has 0 bridgehead atoms. The van der Waals surface area contributed by atoms with Gasteiger partial charge in [0.25, 0.3) is 5.91 Å². The molecule has 1 aliphatic heterocycles. The molecule has 0 saturated carbocycles. The van der Waals surface area contributed by atoms with Crippen molar-refractivity contribution >= 4 is 27.3 Å². The van der Waals surface area contributed by atoms with Crippen LogP contribution in [0.5, 0.6) is 5.88 Å². The van der Waals surface area contributed by atoms with Crippen molar-refractivity contribution < 1.29 is 18.3 Å². The first kappa shape index (κ1) is 21.1. The van der Waals surface area contributed by atoms with Gasteiger partial charge in [0, 0.05) is 23.9 Å². The molecule has 164 valence electrons. The molecule has 10 heteroatoms. The minimum Gasteiger partial charge on any atom is -0.493 e. The molecule has 2 N–H and O–H groups in total. The lowest BCUT2D eigenvalue weighted by Crippen LogP contribution is -2.39. The minimum absolute atomic E-state index is 0.0325. The highest BCUT2D eigenvalue weighted by atomic mass is 32.2. The molecule has 0 aliphatic carbocycles. The number of aryl methyl sites for hydroxylation is 1. The van der Waals surface area contributed by atoms with Crippen LogP contribution in [0, 0.1) is 13.8 Å². The fraction of sp³-hybridized carbons (Fsp3) is 0.381. The second-order valence-electron chi connectivity index (χ2n) is 7.91. The summed E-state index contributed by atoms with van der Waals surface area (Å²) < 4.78 is 27.3. The molecule has 0 radical (unpaired) electrons. The normalized spacial score (nSPS) is 17.1. The van der Waals surface area contributed by atoms with Crippen LogP contribution in [0.25, 0.3) is 5.65 Å². The number of nitrogens with one attached hydrogen (secondary N) is 1. The Labute approximate surface area is 180 Å². The number of aromatic hydroxyl groups is 1. The van der Waals surface area contributed by atoms with E-state index in [9.17, 15) is 18.3 Å². The van der Waals surface area contributed by atoms with E-state index in [0.29, 0.717) is 29.1 Å². The first-order chi connectivity index (χ1) is 14.7. The van der Waals surface area contributed by atoms with Crippen LogP contribution in [0.3, 0.4) is 0 Å². The Bertz CT molecular complexity index is 1270. The van der Waals surface area contributed by atoms with Gasteiger partial charge in [-0.1, -0.05) is 12.1 Å². The van der Waals surface area contributed by atoms with E-state index in [4.69, 9.17) is 0 Å². The summed E-state index contributed by atoms with van der Waals surface area (Å²) in [6, 6.07) is 8.08. The Hall–Kier alpha value is -3.14. The summed E-state index contributed by atoms with van der Waals surface area (Å²) in [7, 11) is -3.53. The van der Waals surface area contributed by atoms with Crippen molar-refractivity contribution in [2.75, 3.05) is 17.5 Å². The zero-order valence-electron chi connectivity index (χ0n) is 17.7. The van der Waals surface area contributed by atoms with Crippen molar-refractivity contribution in [1.82, 2.24) is 19.5 Å². The number of aromatic nitrogens is 3. The van der Waals surface area contributed by atoms with Gasteiger partial charge in [-0.2, -0.15) is 9.61 Å². The van der Waals surface area contributed by atoms with E-state index in [-0.39, 0.29) is 29.1 Å². The van der Waals surface area contributed by atoms with Crippen molar-refractivity contribution in [3.63, 3.8) is 0 Å². The van der Waals surface area contributed by atoms with Gasteiger partial charge in [-0.05, 0) is 45.2 Å². The molecule has 9 nitrogen and oxygen atoms in total. The largest absolute Gasteiger partial charge is 0.493 e. The number of likely N-dealkylation sites (tertiary alicyclic amines) is 1. The van der Waals surface area contributed by atoms with Crippen LogP contribution in [0.2, 0.25) is 0 Å². The minimum atomic E-state index is -3.53. The molecule has 3 aromatic rings. The third-order valence-corrected chi connectivity index (χ3v) is 6.22. The zero-order valence-corrected chi connectivity index (χ0v) is 18.5. The van der Waals surface area contributed by atoms with Crippen molar-refractivity contribution in [1.29, 1.82) is 0 Å². The predicted molar refractivity (Wildman–Crippen MR) is 117 cm³/mol. The molecule has 1 amide bonds. The molecule has 31 heavy (non-hydrogen) atoms. The quantitative estimate of drug-likeness (QED) is 0.640. The SMILES string of the molecule is Cc1nc2cc(C3CCCCN3C(=O)c3ccccc3NS(C)(=O)=O)nn2c(O)c1C. The molecule has 3 heterocycles. The summed E-state index contributed by atoms with van der Waals surface area (Å²) in [5.74, 6) is -0.233. The van der Waals surface area contributed by atoms with E-state index in [2.05, 4.69) is 14.8 Å². The molecule has 0 spiro atoms. The smallest absolute Gasteiger partial charge is 0.256 e. The number of benzene rings is 1. The second kappa shape index (κ2) is 7.84. The van der Waals surface area contributed by atoms with Gasteiger partial charge in [0.1, 0.15) is 0 Å². The lowest BCUT2D eigenvalue weighted by molar-refractivity contribution is 0.0607. The van der Waals surface area contributed by atoms with Crippen molar-refractivity contribution in [3.05, 3.63) is 52.8 Å². The van der Waals surface area contributed by atoms with Crippen LogP contribution in [0.4, 0.5) is 5.69 Å². The third kappa shape index (κ3) is 4.07. The monoisotopic (exact) mass is 443 g/mol. The number of para-hydroxylation sites is 1. The molecule has 1 fully saturated rings. The van der Waals surface area contributed by atoms with Gasteiger partial charge in [0.05, 0.1) is 29.2 Å². The number of amides is 1. The molecule has 2 aromatic heterocycles. The Balaban J connectivity index is 1.73. The molecule has 1 saturated heterocycles. The van der Waals surface area contributed by atoms with E-state index in [1.807, 2.05) is 6.92 Å². The first-order valence-corrected chi connectivity index (χ1v) is 12.0. The predicted octanol–water partition coefficient (Wildman–Crippen LogP) is 2.79. The lowest BCUT2D eigenvalue weighted by atomic mass is 9.98. The number of fused-ring (bicyclic) bond motifs is 1. The molecule has 1 aromatic carbocycles. The number of anilines is 1. The highest BCUT2D eigenvalue weighted by molar-refractivity contribution is 7.92. The van der Waals surface area contributed by atoms with Gasteiger partial charge >= 0.3 is 0 Å². The zero-order chi connectivity index (χ0) is 22.3. The van der Waals surface area contributed by atoms with Gasteiger partial charge < -0.3 is 10.0 Å². The summed E-state index contributed by atoms with van der Waals surface area (Å²) in [6.45, 7) is 4.13. The fourth-order valence-electron chi connectivity index (χ4n) is 3.96. The topological polar surface area (TPSA) is 117 Å². The Morgan fingerprint density at radius 1 is 1.23 bits per heavy atom. The number of carbonyl (C=O) groups excluding carboxylic acids is 1. The van der Waals surface area contributed by atoms with E-state index in [0.717, 1.165) is 25.5 Å². The van der Waals surface area contributed by atoms with Gasteiger partial charge in [-0.15, -0.1) is 0 Å². The number of sulfonamides is 1. The molecular weight excluding hydrogens is 418 g/mol. The Morgan fingerprint density at radius 3 is 2.71 bits per heavy atom. The number of hydrogen-bond acceptors (Lipinski definition) is 6. The maximum atomic E-state index is 13.5. The van der Waals surface area contributed by atoms with Gasteiger partial charge in [0.2, 0.25) is 15.9 Å². The summed E-state index contributed by atoms with van der Waals surface area (Å²) in [5.41, 5.74) is 3.08. The standard InChI is InChI=1S/C21H25N5O4S/c1-13-14(2)22-19-12-17(23-26(19)20(13)27)18-10-6-7-11-25(18)21(28)15-8-4-5-9-16(15)24-31(3,29)30/h4-5,8-9,12,18,24,27H,6-7,10-11H2,1-3H3. The molecule has 1 unspecified atom stereocenters. The van der Waals surface area contributed by atoms with Crippen LogP contribution >= 0.6 is 0 Å². The van der Waals surface area contributed by atoms with Crippen molar-refractivity contribution in [2.24, 2.45) is 0 Å². The van der Waals surface area contributed by atoms with Gasteiger partial charge in [-0.3, -0.25) is 9.52 Å². The van der Waals surface area contributed by atoms with Gasteiger partial charge in [0.15, 0.2) is 5.65 Å². The first-order valence-electron chi connectivity index (χ1n) is 10.1. The summed E-state index contributed by atoms with van der Waals surface area (Å²) in [5, 5.41) is 15.0. The highest BCUT2D eigenvalue weighted by Gasteiger charge is 2.32. The van der Waals surface area contributed by atoms with E-state index in [1.165, 1.54) is 4.52 Å². The lowest BCUT2D eigenvalue weighted by Gasteiger charge is -2.35. The summed E-state index contributed by atoms with van der Waals surface area (Å²) in [4.78, 5) is 19.7. The average molecular weight is 444 g/mol. The summed E-state index contributed by atoms with van der Waals surface area (Å²) in [6.07, 6.45) is 3.55. The van der Waals surface area contributed by atoms with Crippen LogP contribution in [0.1, 0.15) is 52.6 Å². The fourth-order valence-corrected chi connectivity index (χ4v) is 4.54. The number of nitrogens with zero attached hydrogens (tertiary/aromatic N) is 4. The number of rotatable bonds is 4. The third-order valence-electron chi connectivity index (χ3n) is 5.63. The second-order valence-corrected chi connectivity index (χ2v) is 9.66. The maximum absolute atomic E-state index is 13.5. The number of carbonyl (C=O) groups is 1. The van der Waals surface area contributed by atoms with Crippen LogP contribution in [-0.4, -0.2) is 51.7 Å². The number of piperidine rings is 1. The molecule has 1 aliphatic rings. The van der Waals surface area contributed by atoms with Crippen LogP contribution < -0.4 is 4.72 Å². The van der Waals surface area contributed by atoms with Gasteiger partial charge in [-0.25, -0.2) is 13.4 Å². The summed E-state index contributed by atoms with van der Waals surface area (Å²) >= 11 is 0. The molecule has 1 atom stereocenters. The Morgan fingerprint density at radius 2 is 1.97 bits per heavy atom.